The van der Waals surface area contributed by atoms with Crippen LogP contribution in [0.15, 0.2) is 83.8 Å². The molecule has 0 saturated carbocycles. The van der Waals surface area contributed by atoms with Crippen molar-refractivity contribution in [1.82, 2.24) is 0 Å². The van der Waals surface area contributed by atoms with Gasteiger partial charge in [0.2, 0.25) is 6.10 Å². The predicted molar refractivity (Wildman–Crippen MR) is 116 cm³/mol. The van der Waals surface area contributed by atoms with Crippen LogP contribution >= 0.6 is 0 Å². The van der Waals surface area contributed by atoms with E-state index in [0.717, 1.165) is 6.26 Å². The molecule has 0 aliphatic rings. The molecule has 1 atom stereocenters. The van der Waals surface area contributed by atoms with Gasteiger partial charge in [-0.1, -0.05) is 36.4 Å². The molecule has 0 aliphatic heterocycles. The minimum atomic E-state index is -3.50. The van der Waals surface area contributed by atoms with Crippen LogP contribution in [-0.2, 0) is 19.4 Å². The molecule has 0 saturated heterocycles. The summed E-state index contributed by atoms with van der Waals surface area (Å²) in [5, 5.41) is 2.72. The largest absolute Gasteiger partial charge is 0.497 e. The lowest BCUT2D eigenvalue weighted by Gasteiger charge is -2.18. The van der Waals surface area contributed by atoms with Crippen molar-refractivity contribution in [1.29, 1.82) is 0 Å². The van der Waals surface area contributed by atoms with Crippen LogP contribution in [0.2, 0.25) is 0 Å². The number of ether oxygens (including phenoxy) is 2. The van der Waals surface area contributed by atoms with Crippen molar-refractivity contribution in [3.63, 3.8) is 0 Å². The van der Waals surface area contributed by atoms with E-state index in [1.165, 1.54) is 31.4 Å². The molecule has 3 aromatic rings. The topological polar surface area (TPSA) is 98.8 Å². The molecule has 1 amide bonds. The predicted octanol–water partition coefficient (Wildman–Crippen LogP) is 3.64. The SMILES string of the molecule is COc1ccc(NC(=O)C(OC(=O)c2cccc(S(C)(=O)=O)c2)c2ccccc2)cc1. The zero-order valence-electron chi connectivity index (χ0n) is 16.9. The number of esters is 1. The molecular formula is C23H21NO6S. The minimum absolute atomic E-state index is 0.0131. The highest BCUT2D eigenvalue weighted by atomic mass is 32.2. The van der Waals surface area contributed by atoms with Crippen molar-refractivity contribution in [2.24, 2.45) is 0 Å². The summed E-state index contributed by atoms with van der Waals surface area (Å²) in [6.45, 7) is 0. The maximum Gasteiger partial charge on any atom is 0.339 e. The molecule has 0 fully saturated rings. The zero-order valence-corrected chi connectivity index (χ0v) is 17.8. The molecule has 7 nitrogen and oxygen atoms in total. The number of carbonyl (C=O) groups excluding carboxylic acids is 2. The van der Waals surface area contributed by atoms with Gasteiger partial charge >= 0.3 is 5.97 Å². The third kappa shape index (κ3) is 5.70. The number of carbonyl (C=O) groups is 2. The van der Waals surface area contributed by atoms with Crippen LogP contribution in [0.1, 0.15) is 22.0 Å². The Morgan fingerprint density at radius 2 is 1.58 bits per heavy atom. The molecule has 1 N–H and O–H groups in total. The lowest BCUT2D eigenvalue weighted by Crippen LogP contribution is -2.26. The second-order valence-electron chi connectivity index (χ2n) is 6.71. The van der Waals surface area contributed by atoms with E-state index >= 15 is 0 Å². The van der Waals surface area contributed by atoms with Crippen LogP contribution in [0.3, 0.4) is 0 Å². The first kappa shape index (κ1) is 22.0. The van der Waals surface area contributed by atoms with Gasteiger partial charge in [0.05, 0.1) is 17.6 Å². The lowest BCUT2D eigenvalue weighted by atomic mass is 10.1. The Labute approximate surface area is 180 Å². The molecule has 160 valence electrons. The Hall–Kier alpha value is -3.65. The molecule has 0 radical (unpaired) electrons. The Morgan fingerprint density at radius 3 is 2.19 bits per heavy atom. The molecule has 3 aromatic carbocycles. The fraction of sp³-hybridized carbons (Fsp3) is 0.130. The van der Waals surface area contributed by atoms with Crippen molar-refractivity contribution in [3.8, 4) is 5.75 Å². The monoisotopic (exact) mass is 439 g/mol. The summed E-state index contributed by atoms with van der Waals surface area (Å²) >= 11 is 0. The molecule has 0 aliphatic carbocycles. The van der Waals surface area contributed by atoms with E-state index in [2.05, 4.69) is 5.32 Å². The number of sulfone groups is 1. The van der Waals surface area contributed by atoms with Crippen LogP contribution in [0.25, 0.3) is 0 Å². The highest BCUT2D eigenvalue weighted by Gasteiger charge is 2.26. The Balaban J connectivity index is 1.85. The van der Waals surface area contributed by atoms with Crippen LogP contribution < -0.4 is 10.1 Å². The number of anilines is 1. The van der Waals surface area contributed by atoms with E-state index in [1.807, 2.05) is 0 Å². The summed E-state index contributed by atoms with van der Waals surface area (Å²) in [6.07, 6.45) is -0.190. The second-order valence-corrected chi connectivity index (χ2v) is 8.73. The maximum atomic E-state index is 12.9. The normalized spacial score (nSPS) is 11.9. The Morgan fingerprint density at radius 1 is 0.903 bits per heavy atom. The molecule has 0 spiro atoms. The first-order chi connectivity index (χ1) is 14.8. The molecular weight excluding hydrogens is 418 g/mol. The summed E-state index contributed by atoms with van der Waals surface area (Å²) in [6, 6.07) is 20.7. The summed E-state index contributed by atoms with van der Waals surface area (Å²) in [4.78, 5) is 25.7. The fourth-order valence-corrected chi connectivity index (χ4v) is 3.48. The van der Waals surface area contributed by atoms with Gasteiger partial charge in [0.25, 0.3) is 5.91 Å². The standard InChI is InChI=1S/C23H21NO6S/c1-29-19-13-11-18(12-14-19)24-22(25)21(16-7-4-3-5-8-16)30-23(26)17-9-6-10-20(15-17)31(2,27)28/h3-15,21H,1-2H3,(H,24,25). The number of hydrogen-bond acceptors (Lipinski definition) is 6. The average Bonchev–Trinajstić information content (AvgIpc) is 2.78. The first-order valence-electron chi connectivity index (χ1n) is 9.29. The molecule has 8 heteroatoms. The summed E-state index contributed by atoms with van der Waals surface area (Å²) in [5.74, 6) is -0.733. The van der Waals surface area contributed by atoms with Crippen LogP contribution in [-0.4, -0.2) is 33.7 Å². The molecule has 0 bridgehead atoms. The Bertz CT molecular complexity index is 1170. The highest BCUT2D eigenvalue weighted by molar-refractivity contribution is 7.90. The van der Waals surface area contributed by atoms with Gasteiger partial charge in [0.1, 0.15) is 5.75 Å². The van der Waals surface area contributed by atoms with Gasteiger partial charge in [-0.25, -0.2) is 13.2 Å². The summed E-state index contributed by atoms with van der Waals surface area (Å²) in [7, 11) is -1.96. The number of benzene rings is 3. The number of methoxy groups -OCH3 is 1. The lowest BCUT2D eigenvalue weighted by molar-refractivity contribution is -0.125. The zero-order chi connectivity index (χ0) is 22.4. The summed E-state index contributed by atoms with van der Waals surface area (Å²) in [5.41, 5.74) is 1.00. The van der Waals surface area contributed by atoms with Crippen molar-refractivity contribution in [3.05, 3.63) is 90.0 Å². The molecule has 0 aromatic heterocycles. The van der Waals surface area contributed by atoms with Gasteiger partial charge in [0, 0.05) is 17.5 Å². The molecule has 3 rings (SSSR count). The smallest absolute Gasteiger partial charge is 0.339 e. The van der Waals surface area contributed by atoms with E-state index in [-0.39, 0.29) is 10.5 Å². The van der Waals surface area contributed by atoms with E-state index in [0.29, 0.717) is 17.0 Å². The quantitative estimate of drug-likeness (QED) is 0.565. The fourth-order valence-electron chi connectivity index (χ4n) is 2.81. The number of nitrogens with one attached hydrogen (secondary N) is 1. The van der Waals surface area contributed by atoms with E-state index < -0.39 is 27.8 Å². The number of amides is 1. The van der Waals surface area contributed by atoms with Crippen molar-refractivity contribution >= 4 is 27.4 Å². The van der Waals surface area contributed by atoms with Gasteiger partial charge in [-0.2, -0.15) is 0 Å². The highest BCUT2D eigenvalue weighted by Crippen LogP contribution is 2.23. The van der Waals surface area contributed by atoms with Crippen LogP contribution in [0.4, 0.5) is 5.69 Å². The van der Waals surface area contributed by atoms with Gasteiger partial charge < -0.3 is 14.8 Å². The third-order valence-corrected chi connectivity index (χ3v) is 5.53. The molecule has 1 unspecified atom stereocenters. The van der Waals surface area contributed by atoms with Gasteiger partial charge in [-0.05, 0) is 42.5 Å². The van der Waals surface area contributed by atoms with E-state index in [1.54, 1.807) is 54.6 Å². The minimum Gasteiger partial charge on any atom is -0.497 e. The maximum absolute atomic E-state index is 12.9. The first-order valence-corrected chi connectivity index (χ1v) is 11.2. The molecule has 31 heavy (non-hydrogen) atoms. The van der Waals surface area contributed by atoms with Gasteiger partial charge in [-0.3, -0.25) is 4.79 Å². The third-order valence-electron chi connectivity index (χ3n) is 4.42. The molecule has 0 heterocycles. The van der Waals surface area contributed by atoms with Crippen molar-refractivity contribution < 1.29 is 27.5 Å². The van der Waals surface area contributed by atoms with Crippen molar-refractivity contribution in [2.45, 2.75) is 11.0 Å². The number of hydrogen-bond donors (Lipinski definition) is 1. The second kappa shape index (κ2) is 9.44. The van der Waals surface area contributed by atoms with E-state index in [4.69, 9.17) is 9.47 Å². The van der Waals surface area contributed by atoms with Gasteiger partial charge in [-0.15, -0.1) is 0 Å². The van der Waals surface area contributed by atoms with Crippen LogP contribution in [0.5, 0.6) is 5.75 Å². The van der Waals surface area contributed by atoms with Crippen molar-refractivity contribution in [2.75, 3.05) is 18.7 Å². The van der Waals surface area contributed by atoms with E-state index in [9.17, 15) is 18.0 Å². The number of rotatable bonds is 7. The Kier molecular flexibility index (Phi) is 6.71. The average molecular weight is 439 g/mol. The summed E-state index contributed by atoms with van der Waals surface area (Å²) < 4.78 is 34.2. The van der Waals surface area contributed by atoms with Crippen LogP contribution in [0, 0.1) is 0 Å². The van der Waals surface area contributed by atoms with Gasteiger partial charge in [0.15, 0.2) is 9.84 Å².